The van der Waals surface area contributed by atoms with Crippen molar-refractivity contribution < 1.29 is 0 Å². The first-order chi connectivity index (χ1) is 11.1. The average molecular weight is 324 g/mol. The first-order valence-electron chi connectivity index (χ1n) is 8.19. The number of thiophene rings is 1. The van der Waals surface area contributed by atoms with Crippen LogP contribution in [-0.2, 0) is 19.3 Å². The molecule has 3 heteroatoms. The van der Waals surface area contributed by atoms with Gasteiger partial charge in [-0.3, -0.25) is 4.98 Å². The Morgan fingerprint density at radius 3 is 2.65 bits per heavy atom. The van der Waals surface area contributed by atoms with Gasteiger partial charge in [-0.25, -0.2) is 0 Å². The van der Waals surface area contributed by atoms with Crippen LogP contribution in [0.25, 0.3) is 10.1 Å². The van der Waals surface area contributed by atoms with Crippen LogP contribution in [0.1, 0.15) is 21.7 Å². The highest BCUT2D eigenvalue weighted by Gasteiger charge is 2.12. The van der Waals surface area contributed by atoms with E-state index in [-0.39, 0.29) is 0 Å². The van der Waals surface area contributed by atoms with Crippen LogP contribution in [0.4, 0.5) is 0 Å². The number of aryl methyl sites for hydroxylation is 3. The maximum absolute atomic E-state index is 4.52. The molecule has 0 bridgehead atoms. The summed E-state index contributed by atoms with van der Waals surface area (Å²) in [5.74, 6) is 0. The third kappa shape index (κ3) is 3.98. The van der Waals surface area contributed by atoms with E-state index in [4.69, 9.17) is 0 Å². The summed E-state index contributed by atoms with van der Waals surface area (Å²) in [7, 11) is 4.29. The molecule has 2 aromatic heterocycles. The van der Waals surface area contributed by atoms with Gasteiger partial charge in [0.2, 0.25) is 0 Å². The minimum atomic E-state index is 1.01. The van der Waals surface area contributed by atoms with Crippen molar-refractivity contribution in [2.45, 2.75) is 26.2 Å². The van der Waals surface area contributed by atoms with Crippen LogP contribution in [0.5, 0.6) is 0 Å². The number of benzene rings is 1. The van der Waals surface area contributed by atoms with Crippen molar-refractivity contribution in [1.29, 1.82) is 0 Å². The van der Waals surface area contributed by atoms with E-state index in [1.807, 2.05) is 17.5 Å². The molecule has 0 amide bonds. The van der Waals surface area contributed by atoms with E-state index in [1.165, 1.54) is 31.8 Å². The molecule has 2 heterocycles. The molecule has 0 aliphatic carbocycles. The van der Waals surface area contributed by atoms with Gasteiger partial charge in [-0.05, 0) is 75.0 Å². The molecule has 0 spiro atoms. The lowest BCUT2D eigenvalue weighted by Gasteiger charge is -2.10. The zero-order chi connectivity index (χ0) is 16.2. The van der Waals surface area contributed by atoms with Gasteiger partial charge < -0.3 is 4.90 Å². The Kier molecular flexibility index (Phi) is 5.09. The Morgan fingerprint density at radius 1 is 1.04 bits per heavy atom. The molecule has 0 atom stereocenters. The molecule has 3 aromatic rings. The van der Waals surface area contributed by atoms with Crippen LogP contribution < -0.4 is 0 Å². The predicted octanol–water partition coefficient (Wildman–Crippen LogP) is 4.49. The molecule has 0 radical (unpaired) electrons. The SMILES string of the molecule is Cc1ccnc(CCc2c(CCN(C)C)sc3ccccc23)c1. The predicted molar refractivity (Wildman–Crippen MR) is 100 cm³/mol. The number of pyridine rings is 1. The lowest BCUT2D eigenvalue weighted by Crippen LogP contribution is -2.15. The van der Waals surface area contributed by atoms with Crippen LogP contribution in [0, 0.1) is 6.92 Å². The molecular formula is C20H24N2S. The van der Waals surface area contributed by atoms with E-state index in [2.05, 4.69) is 67.3 Å². The molecule has 0 saturated heterocycles. The van der Waals surface area contributed by atoms with E-state index in [9.17, 15) is 0 Å². The molecule has 0 saturated carbocycles. The van der Waals surface area contributed by atoms with Crippen molar-refractivity contribution >= 4 is 21.4 Å². The summed E-state index contributed by atoms with van der Waals surface area (Å²) in [5, 5.41) is 1.43. The lowest BCUT2D eigenvalue weighted by molar-refractivity contribution is 0.414. The molecule has 0 aliphatic heterocycles. The van der Waals surface area contributed by atoms with Gasteiger partial charge in [0.25, 0.3) is 0 Å². The Bertz CT molecular complexity index is 789. The normalized spacial score (nSPS) is 11.5. The van der Waals surface area contributed by atoms with Crippen molar-refractivity contribution in [2.24, 2.45) is 0 Å². The number of hydrogen-bond donors (Lipinski definition) is 0. The zero-order valence-corrected chi connectivity index (χ0v) is 15.0. The summed E-state index contributed by atoms with van der Waals surface area (Å²) in [5.41, 5.74) is 4.01. The Labute approximate surface area is 142 Å². The lowest BCUT2D eigenvalue weighted by atomic mass is 10.0. The van der Waals surface area contributed by atoms with Crippen molar-refractivity contribution in [3.05, 3.63) is 64.3 Å². The Hall–Kier alpha value is -1.71. The summed E-state index contributed by atoms with van der Waals surface area (Å²) < 4.78 is 1.41. The molecule has 0 fully saturated rings. The maximum Gasteiger partial charge on any atom is 0.0409 e. The van der Waals surface area contributed by atoms with Gasteiger partial charge in [0.05, 0.1) is 0 Å². The molecule has 120 valence electrons. The minimum absolute atomic E-state index is 1.01. The van der Waals surface area contributed by atoms with Gasteiger partial charge in [0.1, 0.15) is 0 Å². The van der Waals surface area contributed by atoms with Gasteiger partial charge in [-0.1, -0.05) is 18.2 Å². The number of fused-ring (bicyclic) bond motifs is 1. The quantitative estimate of drug-likeness (QED) is 0.664. The summed E-state index contributed by atoms with van der Waals surface area (Å²) in [6, 6.07) is 13.1. The van der Waals surface area contributed by atoms with Gasteiger partial charge >= 0.3 is 0 Å². The molecular weight excluding hydrogens is 300 g/mol. The highest BCUT2D eigenvalue weighted by atomic mass is 32.1. The van der Waals surface area contributed by atoms with Gasteiger partial charge in [-0.15, -0.1) is 11.3 Å². The highest BCUT2D eigenvalue weighted by molar-refractivity contribution is 7.19. The molecule has 0 unspecified atom stereocenters. The van der Waals surface area contributed by atoms with Crippen LogP contribution in [0.15, 0.2) is 42.6 Å². The van der Waals surface area contributed by atoms with Gasteiger partial charge in [0.15, 0.2) is 0 Å². The summed E-state index contributed by atoms with van der Waals surface area (Å²) in [4.78, 5) is 8.31. The van der Waals surface area contributed by atoms with E-state index >= 15 is 0 Å². The number of rotatable bonds is 6. The Balaban J connectivity index is 1.86. The van der Waals surface area contributed by atoms with Crippen LogP contribution in [0.3, 0.4) is 0 Å². The molecule has 0 aliphatic rings. The first kappa shape index (κ1) is 16.2. The number of nitrogens with zero attached hydrogens (tertiary/aromatic N) is 2. The summed E-state index contributed by atoms with van der Waals surface area (Å²) in [6.07, 6.45) is 5.13. The Morgan fingerprint density at radius 2 is 1.87 bits per heavy atom. The second-order valence-corrected chi connectivity index (χ2v) is 7.51. The number of likely N-dealkylation sites (N-methyl/N-ethyl adjacent to an activating group) is 1. The third-order valence-electron chi connectivity index (χ3n) is 4.17. The van der Waals surface area contributed by atoms with Crippen LogP contribution in [0.2, 0.25) is 0 Å². The number of aromatic nitrogens is 1. The third-order valence-corrected chi connectivity index (χ3v) is 5.44. The zero-order valence-electron chi connectivity index (χ0n) is 14.2. The molecule has 3 rings (SSSR count). The second kappa shape index (κ2) is 7.24. The van der Waals surface area contributed by atoms with Crippen LogP contribution in [-0.4, -0.2) is 30.5 Å². The van der Waals surface area contributed by atoms with E-state index in [1.54, 1.807) is 0 Å². The topological polar surface area (TPSA) is 16.1 Å². The van der Waals surface area contributed by atoms with E-state index in [0.29, 0.717) is 0 Å². The summed E-state index contributed by atoms with van der Waals surface area (Å²) >= 11 is 1.96. The van der Waals surface area contributed by atoms with Gasteiger partial charge in [0, 0.05) is 28.0 Å². The standard InChI is InChI=1S/C20H24N2S/c1-15-10-12-21-16(14-15)8-9-18-17-6-4-5-7-19(17)23-20(18)11-13-22(2)3/h4-7,10,12,14H,8-9,11,13H2,1-3H3. The fraction of sp³-hybridized carbons (Fsp3) is 0.350. The fourth-order valence-electron chi connectivity index (χ4n) is 2.94. The molecule has 23 heavy (non-hydrogen) atoms. The van der Waals surface area contributed by atoms with Crippen LogP contribution >= 0.6 is 11.3 Å². The van der Waals surface area contributed by atoms with Gasteiger partial charge in [-0.2, -0.15) is 0 Å². The highest BCUT2D eigenvalue weighted by Crippen LogP contribution is 2.32. The second-order valence-electron chi connectivity index (χ2n) is 6.38. The van der Waals surface area contributed by atoms with Crippen molar-refractivity contribution in [2.75, 3.05) is 20.6 Å². The maximum atomic E-state index is 4.52. The molecule has 0 N–H and O–H groups in total. The monoisotopic (exact) mass is 324 g/mol. The van der Waals surface area contributed by atoms with Crippen molar-refractivity contribution in [1.82, 2.24) is 9.88 Å². The minimum Gasteiger partial charge on any atom is -0.309 e. The van der Waals surface area contributed by atoms with Crippen molar-refractivity contribution in [3.63, 3.8) is 0 Å². The first-order valence-corrected chi connectivity index (χ1v) is 9.00. The van der Waals surface area contributed by atoms with Crippen molar-refractivity contribution in [3.8, 4) is 0 Å². The molecule has 1 aromatic carbocycles. The summed E-state index contributed by atoms with van der Waals surface area (Å²) in [6.45, 7) is 3.23. The van der Waals surface area contributed by atoms with E-state index in [0.717, 1.165) is 25.8 Å². The average Bonchev–Trinajstić information content (AvgIpc) is 2.89. The largest absolute Gasteiger partial charge is 0.309 e. The molecule has 2 nitrogen and oxygen atoms in total. The fourth-order valence-corrected chi connectivity index (χ4v) is 4.18. The number of hydrogen-bond acceptors (Lipinski definition) is 3. The smallest absolute Gasteiger partial charge is 0.0409 e. The van der Waals surface area contributed by atoms with E-state index < -0.39 is 0 Å².